The van der Waals surface area contributed by atoms with Crippen LogP contribution in [0.4, 0.5) is 11.4 Å². The van der Waals surface area contributed by atoms with Crippen LogP contribution in [0.1, 0.15) is 42.0 Å². The third kappa shape index (κ3) is 5.67. The summed E-state index contributed by atoms with van der Waals surface area (Å²) in [5, 5.41) is 0. The van der Waals surface area contributed by atoms with E-state index in [0.29, 0.717) is 6.54 Å². The van der Waals surface area contributed by atoms with Crippen LogP contribution in [0.15, 0.2) is 78.9 Å². The quantitative estimate of drug-likeness (QED) is 0.419. The average Bonchev–Trinajstić information content (AvgIpc) is 3.34. The SMILES string of the molecule is CC(=O)N1CCc2ccc(N(C(=O)/C=C/c3ccccc3C)C3CCN(Cc4ccccc4)CC3)cc21. The molecule has 0 aliphatic carbocycles. The lowest BCUT2D eigenvalue weighted by atomic mass is 10.00. The summed E-state index contributed by atoms with van der Waals surface area (Å²) in [5.74, 6) is 0.0273. The lowest BCUT2D eigenvalue weighted by Gasteiger charge is -2.38. The summed E-state index contributed by atoms with van der Waals surface area (Å²) in [6.07, 6.45) is 6.29. The van der Waals surface area contributed by atoms with Crippen molar-refractivity contribution in [2.45, 2.75) is 45.7 Å². The molecule has 1 saturated heterocycles. The molecular weight excluding hydrogens is 458 g/mol. The molecular formula is C32H35N3O2. The molecule has 0 N–H and O–H groups in total. The predicted octanol–water partition coefficient (Wildman–Crippen LogP) is 5.62. The van der Waals surface area contributed by atoms with E-state index in [1.165, 1.54) is 11.1 Å². The van der Waals surface area contributed by atoms with E-state index in [0.717, 1.165) is 61.4 Å². The summed E-state index contributed by atoms with van der Waals surface area (Å²) in [6.45, 7) is 7.18. The molecule has 5 rings (SSSR count). The molecule has 0 spiro atoms. The third-order valence-electron chi connectivity index (χ3n) is 7.63. The molecule has 2 aliphatic rings. The second-order valence-corrected chi connectivity index (χ2v) is 10.1. The number of nitrogens with zero attached hydrogens (tertiary/aromatic N) is 3. The monoisotopic (exact) mass is 493 g/mol. The van der Waals surface area contributed by atoms with Crippen LogP contribution < -0.4 is 9.80 Å². The summed E-state index contributed by atoms with van der Waals surface area (Å²) < 4.78 is 0. The van der Waals surface area contributed by atoms with E-state index < -0.39 is 0 Å². The maximum absolute atomic E-state index is 13.8. The van der Waals surface area contributed by atoms with Crippen molar-refractivity contribution in [3.8, 4) is 0 Å². The molecule has 2 heterocycles. The van der Waals surface area contributed by atoms with Gasteiger partial charge >= 0.3 is 0 Å². The van der Waals surface area contributed by atoms with Gasteiger partial charge in [-0.3, -0.25) is 14.5 Å². The molecule has 0 unspecified atom stereocenters. The topological polar surface area (TPSA) is 43.9 Å². The van der Waals surface area contributed by atoms with Crippen LogP contribution in [-0.2, 0) is 22.6 Å². The Morgan fingerprint density at radius 1 is 0.946 bits per heavy atom. The number of anilines is 2. The summed E-state index contributed by atoms with van der Waals surface area (Å²) in [4.78, 5) is 32.3. The van der Waals surface area contributed by atoms with Gasteiger partial charge in [0.15, 0.2) is 0 Å². The van der Waals surface area contributed by atoms with Crippen molar-refractivity contribution < 1.29 is 9.59 Å². The second kappa shape index (κ2) is 11.1. The first-order valence-electron chi connectivity index (χ1n) is 13.2. The normalized spacial score (nSPS) is 16.2. The van der Waals surface area contributed by atoms with Crippen molar-refractivity contribution in [2.24, 2.45) is 0 Å². The van der Waals surface area contributed by atoms with E-state index in [4.69, 9.17) is 0 Å². The van der Waals surface area contributed by atoms with E-state index in [-0.39, 0.29) is 17.9 Å². The molecule has 1 fully saturated rings. The Bertz CT molecular complexity index is 1290. The largest absolute Gasteiger partial charge is 0.312 e. The van der Waals surface area contributed by atoms with Gasteiger partial charge in [0.1, 0.15) is 0 Å². The van der Waals surface area contributed by atoms with Crippen molar-refractivity contribution >= 4 is 29.3 Å². The van der Waals surface area contributed by atoms with Crippen molar-refractivity contribution in [3.05, 3.63) is 101 Å². The Labute approximate surface area is 220 Å². The van der Waals surface area contributed by atoms with Crippen LogP contribution in [0.3, 0.4) is 0 Å². The van der Waals surface area contributed by atoms with E-state index in [1.54, 1.807) is 13.0 Å². The molecule has 0 bridgehead atoms. The Morgan fingerprint density at radius 3 is 2.41 bits per heavy atom. The summed E-state index contributed by atoms with van der Waals surface area (Å²) >= 11 is 0. The van der Waals surface area contributed by atoms with Gasteiger partial charge in [-0.1, -0.05) is 60.7 Å². The molecule has 3 aromatic rings. The van der Waals surface area contributed by atoms with E-state index in [2.05, 4.69) is 54.3 Å². The van der Waals surface area contributed by atoms with Crippen LogP contribution in [0.2, 0.25) is 0 Å². The minimum atomic E-state index is -0.0166. The number of likely N-dealkylation sites (tertiary alicyclic amines) is 1. The molecule has 5 heteroatoms. The third-order valence-corrected chi connectivity index (χ3v) is 7.63. The first-order valence-corrected chi connectivity index (χ1v) is 13.2. The molecule has 190 valence electrons. The number of rotatable bonds is 6. The second-order valence-electron chi connectivity index (χ2n) is 10.1. The number of carbonyl (C=O) groups is 2. The molecule has 0 radical (unpaired) electrons. The molecule has 0 aromatic heterocycles. The minimum Gasteiger partial charge on any atom is -0.312 e. The Kier molecular flexibility index (Phi) is 7.52. The first-order chi connectivity index (χ1) is 18.0. The number of fused-ring (bicyclic) bond motifs is 1. The highest BCUT2D eigenvalue weighted by Gasteiger charge is 2.30. The maximum Gasteiger partial charge on any atom is 0.251 e. The van der Waals surface area contributed by atoms with Crippen LogP contribution in [0, 0.1) is 6.92 Å². The standard InChI is InChI=1S/C32H35N3O2/c1-24-8-6-7-11-27(24)13-15-32(37)35(30-14-12-28-16-21-34(25(2)36)31(28)22-30)29-17-19-33(20-18-29)23-26-9-4-3-5-10-26/h3-15,22,29H,16-21,23H2,1-2H3/b15-13+. The van der Waals surface area contributed by atoms with Crippen molar-refractivity contribution in [1.29, 1.82) is 0 Å². The van der Waals surface area contributed by atoms with E-state index in [1.807, 2.05) is 46.2 Å². The minimum absolute atomic E-state index is 0.0166. The summed E-state index contributed by atoms with van der Waals surface area (Å²) in [7, 11) is 0. The van der Waals surface area contributed by atoms with Gasteiger partial charge in [0.05, 0.1) is 0 Å². The van der Waals surface area contributed by atoms with Gasteiger partial charge in [-0.2, -0.15) is 0 Å². The summed E-state index contributed by atoms with van der Waals surface area (Å²) in [5.41, 5.74) is 6.48. The van der Waals surface area contributed by atoms with Gasteiger partial charge in [0.25, 0.3) is 5.91 Å². The van der Waals surface area contributed by atoms with Crippen molar-refractivity contribution in [1.82, 2.24) is 4.90 Å². The number of amides is 2. The van der Waals surface area contributed by atoms with Crippen LogP contribution in [0.5, 0.6) is 0 Å². The fraction of sp³-hybridized carbons (Fsp3) is 0.312. The lowest BCUT2D eigenvalue weighted by molar-refractivity contribution is -0.116. The van der Waals surface area contributed by atoms with Crippen molar-refractivity contribution in [2.75, 3.05) is 29.4 Å². The van der Waals surface area contributed by atoms with Crippen molar-refractivity contribution in [3.63, 3.8) is 0 Å². The fourth-order valence-corrected chi connectivity index (χ4v) is 5.55. The van der Waals surface area contributed by atoms with Gasteiger partial charge in [0, 0.05) is 56.6 Å². The highest BCUT2D eigenvalue weighted by molar-refractivity contribution is 6.05. The van der Waals surface area contributed by atoms with Crippen LogP contribution >= 0.6 is 0 Å². The van der Waals surface area contributed by atoms with Gasteiger partial charge in [0.2, 0.25) is 5.91 Å². The van der Waals surface area contributed by atoms with Crippen LogP contribution in [0.25, 0.3) is 6.08 Å². The Hall–Kier alpha value is -3.70. The number of hydrogen-bond acceptors (Lipinski definition) is 3. The average molecular weight is 494 g/mol. The smallest absolute Gasteiger partial charge is 0.251 e. The number of carbonyl (C=O) groups excluding carboxylic acids is 2. The van der Waals surface area contributed by atoms with E-state index in [9.17, 15) is 9.59 Å². The predicted molar refractivity (Wildman–Crippen MR) is 151 cm³/mol. The fourth-order valence-electron chi connectivity index (χ4n) is 5.55. The molecule has 0 atom stereocenters. The molecule has 37 heavy (non-hydrogen) atoms. The molecule has 0 saturated carbocycles. The lowest BCUT2D eigenvalue weighted by Crippen LogP contribution is -2.47. The first kappa shape index (κ1) is 25.0. The van der Waals surface area contributed by atoms with Gasteiger partial charge in [-0.25, -0.2) is 0 Å². The van der Waals surface area contributed by atoms with Gasteiger partial charge < -0.3 is 9.80 Å². The maximum atomic E-state index is 13.8. The molecule has 3 aromatic carbocycles. The highest BCUT2D eigenvalue weighted by Crippen LogP contribution is 2.34. The summed E-state index contributed by atoms with van der Waals surface area (Å²) in [6, 6.07) is 24.9. The zero-order chi connectivity index (χ0) is 25.8. The molecule has 5 nitrogen and oxygen atoms in total. The zero-order valence-corrected chi connectivity index (χ0v) is 21.8. The Balaban J connectivity index is 1.39. The number of benzene rings is 3. The Morgan fingerprint density at radius 2 is 1.68 bits per heavy atom. The number of piperidine rings is 1. The number of hydrogen-bond donors (Lipinski definition) is 0. The van der Waals surface area contributed by atoms with E-state index >= 15 is 0 Å². The highest BCUT2D eigenvalue weighted by atomic mass is 16.2. The molecule has 2 amide bonds. The molecule has 2 aliphatic heterocycles. The van der Waals surface area contributed by atoms with Crippen LogP contribution in [-0.4, -0.2) is 42.4 Å². The zero-order valence-electron chi connectivity index (χ0n) is 21.8. The number of aryl methyl sites for hydroxylation is 1. The van der Waals surface area contributed by atoms with Gasteiger partial charge in [-0.15, -0.1) is 0 Å². The van der Waals surface area contributed by atoms with Gasteiger partial charge in [-0.05, 0) is 66.6 Å².